The van der Waals surface area contributed by atoms with E-state index < -0.39 is 0 Å². The molecule has 0 saturated heterocycles. The highest BCUT2D eigenvalue weighted by Gasteiger charge is 2.20. The Morgan fingerprint density at radius 1 is 1.33 bits per heavy atom. The highest BCUT2D eigenvalue weighted by molar-refractivity contribution is 5.83. The summed E-state index contributed by atoms with van der Waals surface area (Å²) in [5.41, 5.74) is 2.76. The Hall–Kier alpha value is -1.39. The first kappa shape index (κ1) is 17.7. The highest BCUT2D eigenvalue weighted by Crippen LogP contribution is 2.08. The largest absolute Gasteiger partial charge is 0.292 e. The van der Waals surface area contributed by atoms with Crippen LogP contribution in [0.15, 0.2) is 4.99 Å². The van der Waals surface area contributed by atoms with Crippen molar-refractivity contribution in [1.82, 2.24) is 10.4 Å². The van der Waals surface area contributed by atoms with Gasteiger partial charge in [-0.2, -0.15) is 0 Å². The summed E-state index contributed by atoms with van der Waals surface area (Å²) in [6.07, 6.45) is 9.84. The van der Waals surface area contributed by atoms with Gasteiger partial charge in [0.2, 0.25) is 11.8 Å². The third-order valence-electron chi connectivity index (χ3n) is 3.74. The van der Waals surface area contributed by atoms with Crippen LogP contribution < -0.4 is 5.43 Å². The molecular formula is C16H29N3O2. The molecule has 21 heavy (non-hydrogen) atoms. The van der Waals surface area contributed by atoms with Gasteiger partial charge in [0.15, 0.2) is 0 Å². The number of amides is 2. The first-order valence-corrected chi connectivity index (χ1v) is 8.28. The van der Waals surface area contributed by atoms with Crippen LogP contribution in [0, 0.1) is 0 Å². The van der Waals surface area contributed by atoms with Gasteiger partial charge in [-0.3, -0.25) is 25.0 Å². The maximum absolute atomic E-state index is 12.0. The van der Waals surface area contributed by atoms with Crippen molar-refractivity contribution >= 4 is 18.0 Å². The first-order chi connectivity index (χ1) is 10.2. The topological polar surface area (TPSA) is 61.8 Å². The maximum Gasteiger partial charge on any atom is 0.241 e. The SMILES string of the molecule is CCCCCCCC(=O)NN1CC(CC)N=CCCC1=O. The number of unbranched alkanes of at least 4 members (excludes halogenated alkanes) is 4. The Balaban J connectivity index is 2.37. The van der Waals surface area contributed by atoms with Gasteiger partial charge < -0.3 is 0 Å². The predicted octanol–water partition coefficient (Wildman–Crippen LogP) is 2.85. The number of nitrogens with one attached hydrogen (secondary N) is 1. The van der Waals surface area contributed by atoms with E-state index in [9.17, 15) is 9.59 Å². The van der Waals surface area contributed by atoms with Crippen LogP contribution in [0.5, 0.6) is 0 Å². The Kier molecular flexibility index (Phi) is 8.71. The zero-order chi connectivity index (χ0) is 15.5. The van der Waals surface area contributed by atoms with Crippen molar-refractivity contribution < 1.29 is 9.59 Å². The number of carbonyl (C=O) groups is 2. The number of carbonyl (C=O) groups excluding carboxylic acids is 2. The number of hydrogen-bond acceptors (Lipinski definition) is 3. The summed E-state index contributed by atoms with van der Waals surface area (Å²) in [5, 5.41) is 1.47. The van der Waals surface area contributed by atoms with Crippen LogP contribution >= 0.6 is 0 Å². The molecule has 0 bridgehead atoms. The van der Waals surface area contributed by atoms with Crippen molar-refractivity contribution in [2.24, 2.45) is 4.99 Å². The van der Waals surface area contributed by atoms with Crippen LogP contribution in [0.4, 0.5) is 0 Å². The molecule has 0 aromatic heterocycles. The van der Waals surface area contributed by atoms with Gasteiger partial charge in [-0.25, -0.2) is 0 Å². The zero-order valence-corrected chi connectivity index (χ0v) is 13.4. The second-order valence-electron chi connectivity index (χ2n) is 5.64. The summed E-state index contributed by atoms with van der Waals surface area (Å²) in [7, 11) is 0. The molecule has 1 atom stereocenters. The molecule has 1 unspecified atom stereocenters. The highest BCUT2D eigenvalue weighted by atomic mass is 16.2. The van der Waals surface area contributed by atoms with Crippen LogP contribution in [0.25, 0.3) is 0 Å². The molecule has 1 aliphatic heterocycles. The summed E-state index contributed by atoms with van der Waals surface area (Å²) >= 11 is 0. The number of rotatable bonds is 8. The second kappa shape index (κ2) is 10.4. The fourth-order valence-electron chi connectivity index (χ4n) is 2.34. The average Bonchev–Trinajstić information content (AvgIpc) is 2.46. The summed E-state index contributed by atoms with van der Waals surface area (Å²) in [4.78, 5) is 28.4. The van der Waals surface area contributed by atoms with Crippen molar-refractivity contribution in [2.45, 2.75) is 77.7 Å². The third kappa shape index (κ3) is 7.25. The lowest BCUT2D eigenvalue weighted by atomic mass is 10.1. The van der Waals surface area contributed by atoms with E-state index in [1.54, 1.807) is 0 Å². The first-order valence-electron chi connectivity index (χ1n) is 8.28. The van der Waals surface area contributed by atoms with E-state index in [1.807, 2.05) is 13.1 Å². The summed E-state index contributed by atoms with van der Waals surface area (Å²) in [6.45, 7) is 4.70. The van der Waals surface area contributed by atoms with E-state index in [1.165, 1.54) is 24.3 Å². The lowest BCUT2D eigenvalue weighted by Gasteiger charge is -2.27. The molecule has 120 valence electrons. The van der Waals surface area contributed by atoms with E-state index in [-0.39, 0.29) is 17.9 Å². The number of aliphatic imine (C=N–C) groups is 1. The van der Waals surface area contributed by atoms with E-state index in [0.717, 1.165) is 19.3 Å². The molecule has 1 aliphatic rings. The lowest BCUT2D eigenvalue weighted by Crippen LogP contribution is -2.49. The molecular weight excluding hydrogens is 266 g/mol. The third-order valence-corrected chi connectivity index (χ3v) is 3.74. The molecule has 0 radical (unpaired) electrons. The molecule has 0 fully saturated rings. The number of hydrogen-bond donors (Lipinski definition) is 1. The van der Waals surface area contributed by atoms with E-state index in [4.69, 9.17) is 0 Å². The maximum atomic E-state index is 12.0. The molecule has 5 heteroatoms. The smallest absolute Gasteiger partial charge is 0.241 e. The number of nitrogens with zero attached hydrogens (tertiary/aromatic N) is 2. The van der Waals surface area contributed by atoms with E-state index in [0.29, 0.717) is 25.8 Å². The number of hydrazine groups is 1. The van der Waals surface area contributed by atoms with Gasteiger partial charge in [-0.05, 0) is 25.5 Å². The normalized spacial score (nSPS) is 19.2. The minimum absolute atomic E-state index is 0.0149. The zero-order valence-electron chi connectivity index (χ0n) is 13.4. The predicted molar refractivity (Wildman–Crippen MR) is 85.0 cm³/mol. The Labute approximate surface area is 128 Å². The van der Waals surface area contributed by atoms with Gasteiger partial charge in [0, 0.05) is 12.8 Å². The summed E-state index contributed by atoms with van der Waals surface area (Å²) in [5.74, 6) is -0.0711. The molecule has 1 heterocycles. The van der Waals surface area contributed by atoms with Crippen LogP contribution in [0.2, 0.25) is 0 Å². The summed E-state index contributed by atoms with van der Waals surface area (Å²) < 4.78 is 0. The quantitative estimate of drug-likeness (QED) is 0.700. The lowest BCUT2D eigenvalue weighted by molar-refractivity contribution is -0.141. The average molecular weight is 295 g/mol. The molecule has 5 nitrogen and oxygen atoms in total. The van der Waals surface area contributed by atoms with Crippen molar-refractivity contribution in [3.05, 3.63) is 0 Å². The molecule has 2 amide bonds. The molecule has 0 spiro atoms. The van der Waals surface area contributed by atoms with Crippen molar-refractivity contribution in [3.63, 3.8) is 0 Å². The fourth-order valence-corrected chi connectivity index (χ4v) is 2.34. The Bertz CT molecular complexity index is 355. The molecule has 0 saturated carbocycles. The van der Waals surface area contributed by atoms with Gasteiger partial charge in [-0.1, -0.05) is 39.5 Å². The van der Waals surface area contributed by atoms with E-state index in [2.05, 4.69) is 17.3 Å². The second-order valence-corrected chi connectivity index (χ2v) is 5.64. The van der Waals surface area contributed by atoms with Crippen LogP contribution in [-0.2, 0) is 9.59 Å². The minimum Gasteiger partial charge on any atom is -0.292 e. The molecule has 0 aliphatic carbocycles. The standard InChI is InChI=1S/C16H29N3O2/c1-3-5-6-7-8-10-15(20)18-19-13-14(4-2)17-12-9-11-16(19)21/h12,14H,3-11,13H2,1-2H3,(H,18,20). The monoisotopic (exact) mass is 295 g/mol. The minimum atomic E-state index is -0.0562. The van der Waals surface area contributed by atoms with E-state index >= 15 is 0 Å². The molecule has 1 N–H and O–H groups in total. The fraction of sp³-hybridized carbons (Fsp3) is 0.812. The van der Waals surface area contributed by atoms with Crippen molar-refractivity contribution in [3.8, 4) is 0 Å². The van der Waals surface area contributed by atoms with Gasteiger partial charge in [-0.15, -0.1) is 0 Å². The van der Waals surface area contributed by atoms with Gasteiger partial charge in [0.25, 0.3) is 0 Å². The van der Waals surface area contributed by atoms with Crippen LogP contribution in [0.1, 0.15) is 71.6 Å². The molecule has 0 aromatic rings. The molecule has 0 aromatic carbocycles. The van der Waals surface area contributed by atoms with Crippen LogP contribution in [-0.4, -0.2) is 35.6 Å². The summed E-state index contributed by atoms with van der Waals surface area (Å²) in [6, 6.07) is 0.0825. The van der Waals surface area contributed by atoms with Crippen molar-refractivity contribution in [1.29, 1.82) is 0 Å². The Morgan fingerprint density at radius 2 is 2.10 bits per heavy atom. The van der Waals surface area contributed by atoms with Crippen LogP contribution in [0.3, 0.4) is 0 Å². The van der Waals surface area contributed by atoms with Gasteiger partial charge in [0.1, 0.15) is 0 Å². The van der Waals surface area contributed by atoms with Gasteiger partial charge in [0.05, 0.1) is 12.6 Å². The van der Waals surface area contributed by atoms with Crippen molar-refractivity contribution in [2.75, 3.05) is 6.54 Å². The molecule has 1 rings (SSSR count). The Morgan fingerprint density at radius 3 is 2.81 bits per heavy atom. The van der Waals surface area contributed by atoms with Gasteiger partial charge >= 0.3 is 0 Å².